The highest BCUT2D eigenvalue weighted by Crippen LogP contribution is 2.30. The van der Waals surface area contributed by atoms with Gasteiger partial charge in [0.25, 0.3) is 0 Å². The molecule has 4 nitrogen and oxygen atoms in total. The standard InChI is InChI=1S/C13H16F3NO3/c1-9(10-5-3-4-6-11(10)20-2)17(7-12(18)19)8-13(14,15)16/h3-6,9H,7-8H2,1-2H3,(H,18,19). The van der Waals surface area contributed by atoms with E-state index in [1.54, 1.807) is 24.3 Å². The van der Waals surface area contributed by atoms with Gasteiger partial charge in [-0.25, -0.2) is 0 Å². The normalized spacial score (nSPS) is 13.3. The Balaban J connectivity index is 3.02. The number of ether oxygens (including phenoxy) is 1. The summed E-state index contributed by atoms with van der Waals surface area (Å²) >= 11 is 0. The fourth-order valence-corrected chi connectivity index (χ4v) is 1.94. The Morgan fingerprint density at radius 2 is 2.00 bits per heavy atom. The third kappa shape index (κ3) is 4.73. The van der Waals surface area contributed by atoms with E-state index in [-0.39, 0.29) is 0 Å². The maximum absolute atomic E-state index is 12.5. The van der Waals surface area contributed by atoms with Crippen LogP contribution in [0.1, 0.15) is 18.5 Å². The minimum atomic E-state index is -4.47. The van der Waals surface area contributed by atoms with Gasteiger partial charge >= 0.3 is 12.1 Å². The molecule has 0 saturated carbocycles. The van der Waals surface area contributed by atoms with E-state index in [1.165, 1.54) is 14.0 Å². The number of halogens is 3. The summed E-state index contributed by atoms with van der Waals surface area (Å²) in [5, 5.41) is 8.76. The molecular formula is C13H16F3NO3. The van der Waals surface area contributed by atoms with Gasteiger partial charge in [-0.3, -0.25) is 9.69 Å². The van der Waals surface area contributed by atoms with E-state index in [0.717, 1.165) is 4.90 Å². The first kappa shape index (κ1) is 16.3. The Morgan fingerprint density at radius 3 is 2.50 bits per heavy atom. The van der Waals surface area contributed by atoms with Crippen molar-refractivity contribution >= 4 is 5.97 Å². The van der Waals surface area contributed by atoms with Gasteiger partial charge in [0.1, 0.15) is 5.75 Å². The van der Waals surface area contributed by atoms with E-state index in [0.29, 0.717) is 11.3 Å². The molecule has 0 aliphatic rings. The summed E-state index contributed by atoms with van der Waals surface area (Å²) in [6.45, 7) is -0.468. The van der Waals surface area contributed by atoms with Crippen molar-refractivity contribution < 1.29 is 27.8 Å². The van der Waals surface area contributed by atoms with Crippen molar-refractivity contribution in [3.63, 3.8) is 0 Å². The third-order valence-corrected chi connectivity index (χ3v) is 2.86. The van der Waals surface area contributed by atoms with Crippen molar-refractivity contribution in [2.24, 2.45) is 0 Å². The molecule has 0 aliphatic heterocycles. The van der Waals surface area contributed by atoms with Crippen molar-refractivity contribution in [2.45, 2.75) is 19.1 Å². The molecule has 0 bridgehead atoms. The molecule has 7 heteroatoms. The van der Waals surface area contributed by atoms with Crippen LogP contribution in [0.15, 0.2) is 24.3 Å². The van der Waals surface area contributed by atoms with Gasteiger partial charge in [0.15, 0.2) is 0 Å². The molecule has 0 aromatic heterocycles. The fourth-order valence-electron chi connectivity index (χ4n) is 1.94. The Bertz CT molecular complexity index is 462. The number of carboxylic acid groups (broad SMARTS) is 1. The van der Waals surface area contributed by atoms with Crippen LogP contribution in [-0.2, 0) is 4.79 Å². The maximum Gasteiger partial charge on any atom is 0.401 e. The molecule has 112 valence electrons. The second-order valence-corrected chi connectivity index (χ2v) is 4.33. The Labute approximate surface area is 114 Å². The average Bonchev–Trinajstić information content (AvgIpc) is 2.35. The van der Waals surface area contributed by atoms with Crippen LogP contribution in [0, 0.1) is 0 Å². The van der Waals surface area contributed by atoms with Crippen LogP contribution in [0.5, 0.6) is 5.75 Å². The summed E-state index contributed by atoms with van der Waals surface area (Å²) < 4.78 is 42.7. The van der Waals surface area contributed by atoms with Crippen LogP contribution in [0.2, 0.25) is 0 Å². The first-order valence-electron chi connectivity index (χ1n) is 5.90. The topological polar surface area (TPSA) is 49.8 Å². The van der Waals surface area contributed by atoms with Crippen molar-refractivity contribution in [3.8, 4) is 5.75 Å². The van der Waals surface area contributed by atoms with Gasteiger partial charge in [0, 0.05) is 11.6 Å². The van der Waals surface area contributed by atoms with E-state index in [9.17, 15) is 18.0 Å². The number of hydrogen-bond donors (Lipinski definition) is 1. The quantitative estimate of drug-likeness (QED) is 0.875. The summed E-state index contributed by atoms with van der Waals surface area (Å²) in [6.07, 6.45) is -4.47. The first-order chi connectivity index (χ1) is 9.24. The minimum absolute atomic E-state index is 0.428. The Hall–Kier alpha value is -1.76. The highest BCUT2D eigenvalue weighted by molar-refractivity contribution is 5.69. The minimum Gasteiger partial charge on any atom is -0.496 e. The molecular weight excluding hydrogens is 275 g/mol. The zero-order valence-corrected chi connectivity index (χ0v) is 11.1. The summed E-state index contributed by atoms with van der Waals surface area (Å²) in [7, 11) is 1.41. The van der Waals surface area contributed by atoms with Gasteiger partial charge in [-0.1, -0.05) is 18.2 Å². The molecule has 0 heterocycles. The van der Waals surface area contributed by atoms with Crippen LogP contribution in [0.25, 0.3) is 0 Å². The molecule has 0 amide bonds. The zero-order chi connectivity index (χ0) is 15.3. The lowest BCUT2D eigenvalue weighted by molar-refractivity contribution is -0.158. The van der Waals surface area contributed by atoms with E-state index in [1.807, 2.05) is 0 Å². The molecule has 0 radical (unpaired) electrons. The molecule has 1 rings (SSSR count). The van der Waals surface area contributed by atoms with Gasteiger partial charge in [-0.15, -0.1) is 0 Å². The van der Waals surface area contributed by atoms with E-state index in [4.69, 9.17) is 9.84 Å². The number of alkyl halides is 3. The SMILES string of the molecule is COc1ccccc1C(C)N(CC(=O)O)CC(F)(F)F. The van der Waals surface area contributed by atoms with Gasteiger partial charge in [0.2, 0.25) is 0 Å². The molecule has 20 heavy (non-hydrogen) atoms. The first-order valence-corrected chi connectivity index (χ1v) is 5.90. The number of carbonyl (C=O) groups is 1. The van der Waals surface area contributed by atoms with Crippen molar-refractivity contribution in [1.82, 2.24) is 4.90 Å². The number of benzene rings is 1. The average molecular weight is 291 g/mol. The van der Waals surface area contributed by atoms with Gasteiger partial charge in [-0.2, -0.15) is 13.2 Å². The molecule has 1 atom stereocenters. The molecule has 0 fully saturated rings. The summed E-state index contributed by atoms with van der Waals surface area (Å²) in [4.78, 5) is 11.6. The predicted octanol–water partition coefficient (Wildman–Crippen LogP) is 2.71. The molecule has 0 spiro atoms. The lowest BCUT2D eigenvalue weighted by Gasteiger charge is -2.29. The molecule has 0 saturated heterocycles. The van der Waals surface area contributed by atoms with Crippen LogP contribution >= 0.6 is 0 Å². The second kappa shape index (κ2) is 6.60. The number of para-hydroxylation sites is 1. The number of nitrogens with zero attached hydrogens (tertiary/aromatic N) is 1. The monoisotopic (exact) mass is 291 g/mol. The van der Waals surface area contributed by atoms with Crippen molar-refractivity contribution in [2.75, 3.05) is 20.2 Å². The number of hydrogen-bond acceptors (Lipinski definition) is 3. The second-order valence-electron chi connectivity index (χ2n) is 4.33. The molecule has 0 aliphatic carbocycles. The van der Waals surface area contributed by atoms with Crippen LogP contribution in [0.3, 0.4) is 0 Å². The summed E-state index contributed by atoms with van der Waals surface area (Å²) in [5.41, 5.74) is 0.514. The van der Waals surface area contributed by atoms with Crippen molar-refractivity contribution in [3.05, 3.63) is 29.8 Å². The zero-order valence-electron chi connectivity index (χ0n) is 11.1. The van der Waals surface area contributed by atoms with Crippen molar-refractivity contribution in [1.29, 1.82) is 0 Å². The van der Waals surface area contributed by atoms with Crippen LogP contribution in [0.4, 0.5) is 13.2 Å². The highest BCUT2D eigenvalue weighted by atomic mass is 19.4. The maximum atomic E-state index is 12.5. The lowest BCUT2D eigenvalue weighted by Crippen LogP contribution is -2.39. The molecule has 1 N–H and O–H groups in total. The Morgan fingerprint density at radius 1 is 1.40 bits per heavy atom. The van der Waals surface area contributed by atoms with Gasteiger partial charge in [0.05, 0.1) is 20.2 Å². The highest BCUT2D eigenvalue weighted by Gasteiger charge is 2.34. The third-order valence-electron chi connectivity index (χ3n) is 2.86. The van der Waals surface area contributed by atoms with Gasteiger partial charge in [-0.05, 0) is 13.0 Å². The molecule has 1 unspecified atom stereocenters. The molecule has 1 aromatic carbocycles. The molecule has 1 aromatic rings. The number of carboxylic acids is 1. The number of aliphatic carboxylic acids is 1. The lowest BCUT2D eigenvalue weighted by atomic mass is 10.1. The Kier molecular flexibility index (Phi) is 5.38. The number of rotatable bonds is 6. The van der Waals surface area contributed by atoms with Crippen LogP contribution < -0.4 is 4.74 Å². The van der Waals surface area contributed by atoms with E-state index in [2.05, 4.69) is 0 Å². The largest absolute Gasteiger partial charge is 0.496 e. The smallest absolute Gasteiger partial charge is 0.401 e. The van der Waals surface area contributed by atoms with Crippen LogP contribution in [-0.4, -0.2) is 42.4 Å². The summed E-state index contributed by atoms with van der Waals surface area (Å²) in [6, 6.07) is 5.87. The van der Waals surface area contributed by atoms with E-state index < -0.39 is 31.3 Å². The number of methoxy groups -OCH3 is 1. The summed E-state index contributed by atoms with van der Waals surface area (Å²) in [5.74, 6) is -0.881. The predicted molar refractivity (Wildman–Crippen MR) is 66.7 cm³/mol. The van der Waals surface area contributed by atoms with E-state index >= 15 is 0 Å². The van der Waals surface area contributed by atoms with Gasteiger partial charge < -0.3 is 9.84 Å². The fraction of sp³-hybridized carbons (Fsp3) is 0.462.